The zero-order chi connectivity index (χ0) is 10.3. The summed E-state index contributed by atoms with van der Waals surface area (Å²) in [6.45, 7) is 1.71. The molecule has 14 heavy (non-hydrogen) atoms. The first-order chi connectivity index (χ1) is 6.63. The molecule has 2 unspecified atom stereocenters. The number of carboxylic acid groups (broad SMARTS) is 1. The van der Waals surface area contributed by atoms with Crippen LogP contribution in [0.5, 0.6) is 0 Å². The quantitative estimate of drug-likeness (QED) is 0.691. The molecule has 4 nitrogen and oxygen atoms in total. The van der Waals surface area contributed by atoms with Gasteiger partial charge in [0.2, 0.25) is 0 Å². The highest BCUT2D eigenvalue weighted by atomic mass is 16.5. The van der Waals surface area contributed by atoms with E-state index < -0.39 is 11.9 Å². The van der Waals surface area contributed by atoms with Crippen molar-refractivity contribution in [1.82, 2.24) is 5.32 Å². The van der Waals surface area contributed by atoms with Crippen molar-refractivity contribution in [1.29, 1.82) is 0 Å². The molecule has 2 fully saturated rings. The summed E-state index contributed by atoms with van der Waals surface area (Å²) in [7, 11) is 1.59. The van der Waals surface area contributed by atoms with E-state index in [1.807, 2.05) is 0 Å². The Morgan fingerprint density at radius 1 is 1.57 bits per heavy atom. The molecule has 0 amide bonds. The van der Waals surface area contributed by atoms with Gasteiger partial charge in [-0.05, 0) is 25.7 Å². The van der Waals surface area contributed by atoms with E-state index in [4.69, 9.17) is 9.84 Å². The first-order valence-electron chi connectivity index (χ1n) is 5.15. The van der Waals surface area contributed by atoms with Crippen LogP contribution in [0.25, 0.3) is 0 Å². The molecule has 0 bridgehead atoms. The molecule has 0 radical (unpaired) electrons. The van der Waals surface area contributed by atoms with Gasteiger partial charge in [-0.15, -0.1) is 0 Å². The molecule has 1 saturated carbocycles. The van der Waals surface area contributed by atoms with Crippen LogP contribution in [0.2, 0.25) is 0 Å². The van der Waals surface area contributed by atoms with E-state index >= 15 is 0 Å². The predicted molar refractivity (Wildman–Crippen MR) is 51.0 cm³/mol. The van der Waals surface area contributed by atoms with Gasteiger partial charge in [-0.25, -0.2) is 0 Å². The Balaban J connectivity index is 1.95. The highest BCUT2D eigenvalue weighted by Gasteiger charge is 2.49. The van der Waals surface area contributed by atoms with Gasteiger partial charge in [-0.3, -0.25) is 4.79 Å². The van der Waals surface area contributed by atoms with Crippen molar-refractivity contribution in [3.8, 4) is 0 Å². The lowest BCUT2D eigenvalue weighted by Crippen LogP contribution is -2.44. The molecule has 1 heterocycles. The van der Waals surface area contributed by atoms with Crippen LogP contribution in [-0.2, 0) is 9.53 Å². The Bertz CT molecular complexity index is 234. The SMILES string of the molecule is CO[C@@H](C1CC2C[C@@H]2N1)[C@@H](C)C(=O)O. The zero-order valence-corrected chi connectivity index (χ0v) is 8.56. The number of methoxy groups -OCH3 is 1. The van der Waals surface area contributed by atoms with Crippen LogP contribution in [0, 0.1) is 11.8 Å². The number of nitrogens with one attached hydrogen (secondary N) is 1. The largest absolute Gasteiger partial charge is 0.481 e. The lowest BCUT2D eigenvalue weighted by molar-refractivity contribution is -0.146. The normalized spacial score (nSPS) is 38.9. The molecule has 2 aliphatic rings. The van der Waals surface area contributed by atoms with Gasteiger partial charge in [-0.1, -0.05) is 0 Å². The van der Waals surface area contributed by atoms with Crippen LogP contribution in [0.3, 0.4) is 0 Å². The monoisotopic (exact) mass is 199 g/mol. The summed E-state index contributed by atoms with van der Waals surface area (Å²) in [6.07, 6.45) is 2.13. The first-order valence-corrected chi connectivity index (χ1v) is 5.15. The third-order valence-electron chi connectivity index (χ3n) is 3.46. The fourth-order valence-corrected chi connectivity index (χ4v) is 2.47. The molecule has 0 spiro atoms. The molecule has 1 aliphatic heterocycles. The van der Waals surface area contributed by atoms with Crippen LogP contribution >= 0.6 is 0 Å². The first kappa shape index (κ1) is 9.93. The number of carboxylic acids is 1. The van der Waals surface area contributed by atoms with Gasteiger partial charge in [0.05, 0.1) is 12.0 Å². The zero-order valence-electron chi connectivity index (χ0n) is 8.56. The summed E-state index contributed by atoms with van der Waals surface area (Å²) < 4.78 is 5.28. The number of aliphatic carboxylic acids is 1. The van der Waals surface area contributed by atoms with Crippen LogP contribution in [-0.4, -0.2) is 36.4 Å². The number of hydrogen-bond donors (Lipinski definition) is 2. The van der Waals surface area contributed by atoms with Gasteiger partial charge in [0.15, 0.2) is 0 Å². The average molecular weight is 199 g/mol. The van der Waals surface area contributed by atoms with Gasteiger partial charge in [0.25, 0.3) is 0 Å². The molecule has 2 rings (SSSR count). The maximum atomic E-state index is 10.8. The summed E-state index contributed by atoms with van der Waals surface area (Å²) in [5.74, 6) is -0.437. The predicted octanol–water partition coefficient (Wildman–Crippen LogP) is 0.472. The average Bonchev–Trinajstić information content (AvgIpc) is 2.75. The highest BCUT2D eigenvalue weighted by molar-refractivity contribution is 5.70. The molecular formula is C10H17NO3. The maximum Gasteiger partial charge on any atom is 0.308 e. The summed E-state index contributed by atoms with van der Waals surface area (Å²) >= 11 is 0. The minimum atomic E-state index is -0.778. The molecular weight excluding hydrogens is 182 g/mol. The second-order valence-corrected chi connectivity index (χ2v) is 4.44. The van der Waals surface area contributed by atoms with Gasteiger partial charge in [0, 0.05) is 19.2 Å². The Kier molecular flexibility index (Phi) is 2.49. The third kappa shape index (κ3) is 1.64. The Morgan fingerprint density at radius 2 is 2.29 bits per heavy atom. The molecule has 1 saturated heterocycles. The summed E-state index contributed by atoms with van der Waals surface area (Å²) in [6, 6.07) is 0.869. The second-order valence-electron chi connectivity index (χ2n) is 4.44. The Morgan fingerprint density at radius 3 is 2.71 bits per heavy atom. The van der Waals surface area contributed by atoms with E-state index in [0.29, 0.717) is 6.04 Å². The van der Waals surface area contributed by atoms with Gasteiger partial charge in [0.1, 0.15) is 0 Å². The molecule has 0 aromatic carbocycles. The van der Waals surface area contributed by atoms with E-state index in [0.717, 1.165) is 12.3 Å². The number of piperidine rings is 1. The number of ether oxygens (including phenoxy) is 1. The van der Waals surface area contributed by atoms with Crippen molar-refractivity contribution in [2.45, 2.75) is 38.0 Å². The number of fused-ring (bicyclic) bond motifs is 1. The maximum absolute atomic E-state index is 10.8. The number of carbonyl (C=O) groups is 1. The minimum absolute atomic E-state index is 0.194. The molecule has 0 aromatic rings. The van der Waals surface area contributed by atoms with E-state index in [1.165, 1.54) is 6.42 Å². The topological polar surface area (TPSA) is 58.6 Å². The van der Waals surface area contributed by atoms with E-state index in [-0.39, 0.29) is 12.1 Å². The minimum Gasteiger partial charge on any atom is -0.481 e. The lowest BCUT2D eigenvalue weighted by Gasteiger charge is -2.27. The summed E-state index contributed by atoms with van der Waals surface area (Å²) in [5, 5.41) is 12.3. The lowest BCUT2D eigenvalue weighted by atomic mass is 9.95. The van der Waals surface area contributed by atoms with Gasteiger partial charge < -0.3 is 15.2 Å². The van der Waals surface area contributed by atoms with Crippen LogP contribution in [0.4, 0.5) is 0 Å². The van der Waals surface area contributed by atoms with Crippen molar-refractivity contribution in [3.63, 3.8) is 0 Å². The van der Waals surface area contributed by atoms with Crippen molar-refractivity contribution < 1.29 is 14.6 Å². The van der Waals surface area contributed by atoms with Crippen molar-refractivity contribution >= 4 is 5.97 Å². The smallest absolute Gasteiger partial charge is 0.308 e. The standard InChI is InChI=1S/C10H17NO3/c1-5(10(12)13)9(14-2)8-4-6-3-7(6)11-8/h5-9,11H,3-4H2,1-2H3,(H,12,13)/t5-,6?,7+,8?,9-/m1/s1. The van der Waals surface area contributed by atoms with Gasteiger partial charge >= 0.3 is 5.97 Å². The molecule has 1 aliphatic carbocycles. The van der Waals surface area contributed by atoms with Crippen LogP contribution < -0.4 is 5.32 Å². The number of rotatable bonds is 4. The van der Waals surface area contributed by atoms with Crippen molar-refractivity contribution in [2.75, 3.05) is 7.11 Å². The fraction of sp³-hybridized carbons (Fsp3) is 0.900. The summed E-state index contributed by atoms with van der Waals surface area (Å²) in [5.41, 5.74) is 0. The Labute approximate surface area is 83.6 Å². The van der Waals surface area contributed by atoms with E-state index in [9.17, 15) is 4.79 Å². The molecule has 2 N–H and O–H groups in total. The molecule has 5 atom stereocenters. The highest BCUT2D eigenvalue weighted by Crippen LogP contribution is 2.42. The fourth-order valence-electron chi connectivity index (χ4n) is 2.47. The Hall–Kier alpha value is -0.610. The van der Waals surface area contributed by atoms with Crippen molar-refractivity contribution in [3.05, 3.63) is 0 Å². The molecule has 0 aromatic heterocycles. The second kappa shape index (κ2) is 3.51. The molecule has 80 valence electrons. The van der Waals surface area contributed by atoms with Crippen LogP contribution in [0.15, 0.2) is 0 Å². The summed E-state index contributed by atoms with van der Waals surface area (Å²) in [4.78, 5) is 10.8. The third-order valence-corrected chi connectivity index (χ3v) is 3.46. The number of hydrogen-bond acceptors (Lipinski definition) is 3. The van der Waals surface area contributed by atoms with Gasteiger partial charge in [-0.2, -0.15) is 0 Å². The van der Waals surface area contributed by atoms with E-state index in [2.05, 4.69) is 5.32 Å². The van der Waals surface area contributed by atoms with E-state index in [1.54, 1.807) is 14.0 Å². The molecule has 4 heteroatoms. The van der Waals surface area contributed by atoms with Crippen LogP contribution in [0.1, 0.15) is 19.8 Å². The van der Waals surface area contributed by atoms with Crippen molar-refractivity contribution in [2.24, 2.45) is 11.8 Å².